The van der Waals surface area contributed by atoms with Gasteiger partial charge in [0.15, 0.2) is 0 Å². The zero-order chi connectivity index (χ0) is 25.0. The van der Waals surface area contributed by atoms with Crippen LogP contribution in [0.5, 0.6) is 0 Å². The summed E-state index contributed by atoms with van der Waals surface area (Å²) in [6.45, 7) is 0. The molecule has 1 aliphatic heterocycles. The molecule has 0 aromatic heterocycles. The summed E-state index contributed by atoms with van der Waals surface area (Å²) in [5, 5.41) is 1.70. The van der Waals surface area contributed by atoms with Gasteiger partial charge in [-0.2, -0.15) is 17.6 Å². The van der Waals surface area contributed by atoms with Gasteiger partial charge in [-0.3, -0.25) is 0 Å². The third kappa shape index (κ3) is 2.82. The molecule has 178 valence electrons. The summed E-state index contributed by atoms with van der Waals surface area (Å²) in [6, 6.07) is 19.5. The van der Waals surface area contributed by atoms with Gasteiger partial charge in [0.2, 0.25) is 0 Å². The van der Waals surface area contributed by atoms with Gasteiger partial charge in [0.1, 0.15) is 5.82 Å². The Hall–Kier alpha value is -3.36. The molecule has 3 aliphatic rings. The second-order valence-corrected chi connectivity index (χ2v) is 11.4. The minimum Gasteiger partial charge on any atom is -0.385 e. The summed E-state index contributed by atoms with van der Waals surface area (Å²) in [7, 11) is 0. The molecule has 0 atom stereocenters. The van der Waals surface area contributed by atoms with Gasteiger partial charge in [-0.1, -0.05) is 59.9 Å². The first kappa shape index (κ1) is 21.9. The molecule has 0 bridgehead atoms. The van der Waals surface area contributed by atoms with E-state index >= 15 is 17.6 Å². The molecule has 2 nitrogen and oxygen atoms in total. The maximum atomic E-state index is 15.8. The number of thioether (sulfide) groups is 2. The highest BCUT2D eigenvalue weighted by atomic mass is 32.2. The lowest BCUT2D eigenvalue weighted by atomic mass is 10.0. The van der Waals surface area contributed by atoms with Crippen LogP contribution in [-0.2, 0) is 11.8 Å². The fourth-order valence-corrected chi connectivity index (χ4v) is 7.67. The number of nitrogens with two attached hydrogens (primary N) is 2. The van der Waals surface area contributed by atoms with Crippen LogP contribution in [0.4, 0.5) is 17.6 Å². The third-order valence-electron chi connectivity index (χ3n) is 6.95. The first-order valence-electron chi connectivity index (χ1n) is 11.1. The van der Waals surface area contributed by atoms with Crippen molar-refractivity contribution in [3.05, 3.63) is 126 Å². The molecule has 0 amide bonds. The predicted octanol–water partition coefficient (Wildman–Crippen LogP) is 5.11. The average molecular weight is 521 g/mol. The van der Waals surface area contributed by atoms with E-state index in [1.807, 2.05) is 24.3 Å². The lowest BCUT2D eigenvalue weighted by Crippen LogP contribution is -2.22. The minimum atomic E-state index is -3.36. The second kappa shape index (κ2) is 7.11. The highest BCUT2D eigenvalue weighted by molar-refractivity contribution is 8.32. The van der Waals surface area contributed by atoms with Crippen LogP contribution in [0.15, 0.2) is 82.6 Å². The fourth-order valence-electron chi connectivity index (χ4n) is 5.20. The summed E-state index contributed by atoms with van der Waals surface area (Å²) in [5.41, 5.74) is 10.2. The van der Waals surface area contributed by atoms with Crippen LogP contribution in [0.1, 0.15) is 22.3 Å². The maximum absolute atomic E-state index is 15.8. The molecule has 0 fully saturated rings. The average Bonchev–Trinajstić information content (AvgIpc) is 3.46. The van der Waals surface area contributed by atoms with E-state index in [1.165, 1.54) is 36.4 Å². The normalized spacial score (nSPS) is 17.3. The van der Waals surface area contributed by atoms with Gasteiger partial charge in [0.25, 0.3) is 11.8 Å². The van der Waals surface area contributed by atoms with Crippen molar-refractivity contribution in [2.24, 2.45) is 11.5 Å². The van der Waals surface area contributed by atoms with E-state index in [9.17, 15) is 0 Å². The topological polar surface area (TPSA) is 52.0 Å². The monoisotopic (exact) mass is 520 g/mol. The number of hydrogen-bond donors (Lipinski definition) is 2. The van der Waals surface area contributed by atoms with Crippen LogP contribution in [-0.4, -0.2) is 0 Å². The SMILES string of the molecule is NC(N)=c1ccc2c(c1)C(F)(F)c1cc3c(cc1=2)C(F)(F)c1cc(=C2Sc4ccccc4S2)ccc1=3. The lowest BCUT2D eigenvalue weighted by molar-refractivity contribution is 0.0416. The molecule has 0 saturated carbocycles. The second-order valence-electron chi connectivity index (χ2n) is 9.01. The van der Waals surface area contributed by atoms with Crippen LogP contribution in [0.2, 0.25) is 0 Å². The van der Waals surface area contributed by atoms with Gasteiger partial charge in [0, 0.05) is 37.3 Å². The Kier molecular flexibility index (Phi) is 4.32. The molecule has 0 radical (unpaired) electrons. The number of fused-ring (bicyclic) bond motifs is 5. The van der Waals surface area contributed by atoms with E-state index < -0.39 is 11.8 Å². The van der Waals surface area contributed by atoms with E-state index in [1.54, 1.807) is 35.7 Å². The zero-order valence-corrected chi connectivity index (χ0v) is 20.0. The fraction of sp³-hybridized carbons (Fsp3) is 0.0714. The quantitative estimate of drug-likeness (QED) is 0.316. The largest absolute Gasteiger partial charge is 0.385 e. The standard InChI is InChI=1S/C28H16F4N2S2/c29-27(30)19-9-13(25(33)34)5-7-15(19)17-11-22-18(12-21(17)27)16-8-6-14(10-20(16)28(22,31)32)26-35-23-3-1-2-4-24(23)36-26/h1-12H,33-34H2. The van der Waals surface area contributed by atoms with Crippen molar-refractivity contribution in [3.63, 3.8) is 0 Å². The van der Waals surface area contributed by atoms with E-state index in [0.717, 1.165) is 14.0 Å². The number of halogens is 4. The van der Waals surface area contributed by atoms with Crippen molar-refractivity contribution in [2.45, 2.75) is 21.6 Å². The van der Waals surface area contributed by atoms with Crippen LogP contribution < -0.4 is 21.9 Å². The van der Waals surface area contributed by atoms with Crippen molar-refractivity contribution >= 4 is 33.6 Å². The molecule has 4 aromatic rings. The van der Waals surface area contributed by atoms with Crippen molar-refractivity contribution in [2.75, 3.05) is 0 Å². The molecule has 0 saturated heterocycles. The molecule has 4 N–H and O–H groups in total. The number of rotatable bonds is 0. The number of alkyl halides is 4. The van der Waals surface area contributed by atoms with Gasteiger partial charge < -0.3 is 11.5 Å². The first-order valence-corrected chi connectivity index (χ1v) is 12.7. The van der Waals surface area contributed by atoms with Gasteiger partial charge in [-0.25, -0.2) is 0 Å². The Morgan fingerprint density at radius 2 is 1.08 bits per heavy atom. The Balaban J connectivity index is 1.50. The highest BCUT2D eigenvalue weighted by Crippen LogP contribution is 2.52. The summed E-state index contributed by atoms with van der Waals surface area (Å²) in [6.07, 6.45) is 0. The minimum absolute atomic E-state index is 0.0807. The van der Waals surface area contributed by atoms with Crippen molar-refractivity contribution in [1.29, 1.82) is 0 Å². The molecule has 4 aromatic carbocycles. The summed E-state index contributed by atoms with van der Waals surface area (Å²) < 4.78 is 63.6. The lowest BCUT2D eigenvalue weighted by Gasteiger charge is -2.15. The summed E-state index contributed by atoms with van der Waals surface area (Å²) >= 11 is 3.10. The summed E-state index contributed by atoms with van der Waals surface area (Å²) in [5.74, 6) is -6.75. The zero-order valence-electron chi connectivity index (χ0n) is 18.4. The van der Waals surface area contributed by atoms with Crippen molar-refractivity contribution < 1.29 is 17.6 Å². The summed E-state index contributed by atoms with van der Waals surface area (Å²) in [4.78, 5) is 2.17. The predicted molar refractivity (Wildman–Crippen MR) is 133 cm³/mol. The molecule has 8 heteroatoms. The smallest absolute Gasteiger partial charge is 0.299 e. The Morgan fingerprint density at radius 3 is 1.64 bits per heavy atom. The Labute approximate surface area is 210 Å². The molecule has 0 spiro atoms. The molecule has 1 heterocycles. The number of benzene rings is 4. The van der Waals surface area contributed by atoms with Crippen LogP contribution in [0.25, 0.3) is 10.1 Å². The molecule has 36 heavy (non-hydrogen) atoms. The van der Waals surface area contributed by atoms with E-state index in [4.69, 9.17) is 11.5 Å². The van der Waals surface area contributed by atoms with Crippen LogP contribution in [0, 0.1) is 20.9 Å². The van der Waals surface area contributed by atoms with Crippen molar-refractivity contribution in [1.82, 2.24) is 0 Å². The number of hydrogen-bond acceptors (Lipinski definition) is 4. The van der Waals surface area contributed by atoms with Gasteiger partial charge in [-0.05, 0) is 62.5 Å². The van der Waals surface area contributed by atoms with Crippen molar-refractivity contribution in [3.8, 4) is 0 Å². The van der Waals surface area contributed by atoms with Gasteiger partial charge in [0.05, 0.1) is 4.24 Å². The Bertz CT molecular complexity index is 1960. The van der Waals surface area contributed by atoms with E-state index in [0.29, 0.717) is 5.22 Å². The van der Waals surface area contributed by atoms with Crippen LogP contribution >= 0.6 is 23.5 Å². The molecule has 2 aliphatic carbocycles. The molecular weight excluding hydrogens is 504 g/mol. The van der Waals surface area contributed by atoms with Gasteiger partial charge >= 0.3 is 0 Å². The third-order valence-corrected chi connectivity index (χ3v) is 9.58. The maximum Gasteiger partial charge on any atom is 0.299 e. The molecule has 7 rings (SSSR count). The Morgan fingerprint density at radius 1 is 0.583 bits per heavy atom. The van der Waals surface area contributed by atoms with E-state index in [2.05, 4.69) is 0 Å². The van der Waals surface area contributed by atoms with Gasteiger partial charge in [-0.15, -0.1) is 0 Å². The first-order chi connectivity index (χ1) is 17.2. The molecular formula is C28H16F4N2S2. The molecule has 0 unspecified atom stereocenters. The van der Waals surface area contributed by atoms with E-state index in [-0.39, 0.29) is 54.2 Å². The van der Waals surface area contributed by atoms with Crippen LogP contribution in [0.3, 0.4) is 0 Å². The highest BCUT2D eigenvalue weighted by Gasteiger charge is 2.45.